The highest BCUT2D eigenvalue weighted by atomic mass is 16.6. The number of nitro groups is 1. The molecule has 1 aromatic carbocycles. The summed E-state index contributed by atoms with van der Waals surface area (Å²) in [6, 6.07) is 5.72. The predicted molar refractivity (Wildman–Crippen MR) is 104 cm³/mol. The van der Waals surface area contributed by atoms with Crippen molar-refractivity contribution in [2.24, 2.45) is 0 Å². The molecule has 1 aliphatic carbocycles. The van der Waals surface area contributed by atoms with Crippen molar-refractivity contribution in [3.63, 3.8) is 0 Å². The molecule has 0 unspecified atom stereocenters. The lowest BCUT2D eigenvalue weighted by molar-refractivity contribution is -0.384. The Labute approximate surface area is 167 Å². The van der Waals surface area contributed by atoms with Crippen LogP contribution in [0.3, 0.4) is 0 Å². The van der Waals surface area contributed by atoms with E-state index in [-0.39, 0.29) is 40.1 Å². The molecule has 0 atom stereocenters. The number of hydrogen-bond donors (Lipinski definition) is 1. The number of non-ortho nitro benzene ring substituents is 1. The van der Waals surface area contributed by atoms with E-state index in [2.05, 4.69) is 5.32 Å². The molecule has 3 rings (SSSR count). The van der Waals surface area contributed by atoms with E-state index in [0.717, 1.165) is 32.1 Å². The maximum Gasteiger partial charge on any atom is 0.344 e. The fourth-order valence-electron chi connectivity index (χ4n) is 3.52. The Morgan fingerprint density at radius 3 is 2.38 bits per heavy atom. The molecule has 0 radical (unpaired) electrons. The number of hydrogen-bond acceptors (Lipinski definition) is 8. The normalized spacial score (nSPS) is 14.3. The molecular weight excluding hydrogens is 380 g/mol. The Morgan fingerprint density at radius 2 is 1.76 bits per heavy atom. The van der Waals surface area contributed by atoms with Gasteiger partial charge < -0.3 is 19.2 Å². The number of methoxy groups -OCH3 is 2. The molecule has 1 saturated carbocycles. The second kappa shape index (κ2) is 8.76. The fourth-order valence-corrected chi connectivity index (χ4v) is 3.52. The van der Waals surface area contributed by atoms with Crippen LogP contribution in [-0.2, 0) is 9.47 Å². The first-order chi connectivity index (χ1) is 14.0. The second-order valence-corrected chi connectivity index (χ2v) is 6.78. The minimum atomic E-state index is -0.799. The Balaban J connectivity index is 2.16. The van der Waals surface area contributed by atoms with Gasteiger partial charge in [0.2, 0.25) is 5.88 Å². The summed E-state index contributed by atoms with van der Waals surface area (Å²) in [6.07, 6.45) is 5.05. The van der Waals surface area contributed by atoms with Crippen molar-refractivity contribution in [3.05, 3.63) is 45.5 Å². The van der Waals surface area contributed by atoms with Gasteiger partial charge in [0, 0.05) is 23.7 Å². The summed E-state index contributed by atoms with van der Waals surface area (Å²) in [5.41, 5.74) is -0.0952. The van der Waals surface area contributed by atoms with Crippen molar-refractivity contribution in [1.82, 2.24) is 0 Å². The van der Waals surface area contributed by atoms with Gasteiger partial charge in [0.25, 0.3) is 5.69 Å². The van der Waals surface area contributed by atoms with Crippen LogP contribution in [0, 0.1) is 10.1 Å². The number of carbonyl (C=O) groups is 2. The van der Waals surface area contributed by atoms with Crippen LogP contribution >= 0.6 is 0 Å². The van der Waals surface area contributed by atoms with Crippen molar-refractivity contribution in [1.29, 1.82) is 0 Å². The van der Waals surface area contributed by atoms with Crippen molar-refractivity contribution < 1.29 is 28.4 Å². The number of carbonyl (C=O) groups excluding carboxylic acids is 2. The molecule has 9 heteroatoms. The van der Waals surface area contributed by atoms with Gasteiger partial charge in [-0.05, 0) is 12.8 Å². The van der Waals surface area contributed by atoms with Crippen LogP contribution in [0.5, 0.6) is 0 Å². The molecule has 2 aromatic rings. The van der Waals surface area contributed by atoms with Crippen LogP contribution in [0.1, 0.15) is 52.8 Å². The number of anilines is 1. The van der Waals surface area contributed by atoms with Crippen LogP contribution in [-0.4, -0.2) is 37.1 Å². The van der Waals surface area contributed by atoms with Gasteiger partial charge in [-0.1, -0.05) is 31.4 Å². The summed E-state index contributed by atoms with van der Waals surface area (Å²) in [6.45, 7) is 0. The Kier molecular flexibility index (Phi) is 6.16. The van der Waals surface area contributed by atoms with Crippen LogP contribution in [0.15, 0.2) is 28.7 Å². The van der Waals surface area contributed by atoms with Crippen molar-refractivity contribution in [3.8, 4) is 11.3 Å². The third-order valence-electron chi connectivity index (χ3n) is 4.95. The highest BCUT2D eigenvalue weighted by Crippen LogP contribution is 2.38. The quantitative estimate of drug-likeness (QED) is 0.434. The lowest BCUT2D eigenvalue weighted by atomic mass is 9.95. The van der Waals surface area contributed by atoms with Gasteiger partial charge >= 0.3 is 11.9 Å². The van der Waals surface area contributed by atoms with Gasteiger partial charge in [-0.15, -0.1) is 0 Å². The van der Waals surface area contributed by atoms with Crippen molar-refractivity contribution >= 4 is 23.5 Å². The van der Waals surface area contributed by atoms with E-state index in [1.165, 1.54) is 32.4 Å². The maximum absolute atomic E-state index is 12.5. The zero-order chi connectivity index (χ0) is 21.0. The molecule has 0 bridgehead atoms. The summed E-state index contributed by atoms with van der Waals surface area (Å²) in [5.74, 6) is -1.44. The third-order valence-corrected chi connectivity index (χ3v) is 4.95. The topological polar surface area (TPSA) is 121 Å². The first-order valence-electron chi connectivity index (χ1n) is 9.31. The van der Waals surface area contributed by atoms with Crippen molar-refractivity contribution in [2.45, 2.75) is 38.1 Å². The molecule has 0 amide bonds. The fraction of sp³-hybridized carbons (Fsp3) is 0.400. The number of nitrogens with zero attached hydrogens (tertiary/aromatic N) is 1. The van der Waals surface area contributed by atoms with E-state index >= 15 is 0 Å². The summed E-state index contributed by atoms with van der Waals surface area (Å²) in [5, 5.41) is 14.3. The molecular formula is C20H22N2O7. The van der Waals surface area contributed by atoms with Gasteiger partial charge in [-0.25, -0.2) is 9.59 Å². The first-order valence-corrected chi connectivity index (χ1v) is 9.31. The van der Waals surface area contributed by atoms with Gasteiger partial charge in [0.15, 0.2) is 5.76 Å². The third kappa shape index (κ3) is 4.23. The zero-order valence-corrected chi connectivity index (χ0v) is 16.2. The largest absolute Gasteiger partial charge is 0.465 e. The number of furan rings is 1. The van der Waals surface area contributed by atoms with Crippen LogP contribution in [0.25, 0.3) is 11.3 Å². The summed E-state index contributed by atoms with van der Waals surface area (Å²) in [4.78, 5) is 35.6. The number of nitrogens with one attached hydrogen (secondary N) is 1. The molecule has 29 heavy (non-hydrogen) atoms. The second-order valence-electron chi connectivity index (χ2n) is 6.78. The minimum Gasteiger partial charge on any atom is -0.465 e. The van der Waals surface area contributed by atoms with Crippen LogP contribution in [0.4, 0.5) is 11.6 Å². The average Bonchev–Trinajstić information content (AvgIpc) is 3.12. The number of nitro benzene ring substituents is 1. The van der Waals surface area contributed by atoms with Gasteiger partial charge in [0.1, 0.15) is 11.1 Å². The van der Waals surface area contributed by atoms with Gasteiger partial charge in [0.05, 0.1) is 19.1 Å². The predicted octanol–water partition coefficient (Wildman–Crippen LogP) is 4.17. The number of esters is 2. The lowest BCUT2D eigenvalue weighted by Gasteiger charge is -2.22. The monoisotopic (exact) mass is 402 g/mol. The Morgan fingerprint density at radius 1 is 1.10 bits per heavy atom. The van der Waals surface area contributed by atoms with Crippen LogP contribution in [0.2, 0.25) is 0 Å². The number of rotatable bonds is 6. The first kappa shape index (κ1) is 20.4. The highest BCUT2D eigenvalue weighted by molar-refractivity contribution is 6.10. The van der Waals surface area contributed by atoms with Crippen LogP contribution < -0.4 is 5.32 Å². The van der Waals surface area contributed by atoms with E-state index in [9.17, 15) is 19.7 Å². The molecule has 0 saturated heterocycles. The van der Waals surface area contributed by atoms with E-state index in [4.69, 9.17) is 13.9 Å². The van der Waals surface area contributed by atoms with E-state index in [1.54, 1.807) is 6.07 Å². The minimum absolute atomic E-state index is 0.0132. The smallest absolute Gasteiger partial charge is 0.344 e. The number of benzene rings is 1. The molecule has 1 aromatic heterocycles. The van der Waals surface area contributed by atoms with E-state index < -0.39 is 16.9 Å². The summed E-state index contributed by atoms with van der Waals surface area (Å²) in [7, 11) is 2.38. The number of ether oxygens (including phenoxy) is 2. The van der Waals surface area contributed by atoms with Gasteiger partial charge in [-0.2, -0.15) is 0 Å². The summed E-state index contributed by atoms with van der Waals surface area (Å²) >= 11 is 0. The Hall–Kier alpha value is -3.36. The standard InChI is InChI=1S/C20H22N2O7/c1-27-19(23)15-16(20(24)28-2)18(21-13-8-4-3-5-9-13)29-17(15)12-7-6-10-14(11-12)22(25)26/h6-7,10-11,13,21H,3-5,8-9H2,1-2H3. The molecule has 1 N–H and O–H groups in total. The molecule has 1 aliphatic rings. The molecule has 9 nitrogen and oxygen atoms in total. The average molecular weight is 402 g/mol. The SMILES string of the molecule is COC(=O)c1c(NC2CCCCC2)oc(-c2cccc([N+](=O)[O-])c2)c1C(=O)OC. The highest BCUT2D eigenvalue weighted by Gasteiger charge is 2.33. The lowest BCUT2D eigenvalue weighted by Crippen LogP contribution is -2.23. The molecule has 0 aliphatic heterocycles. The van der Waals surface area contributed by atoms with Gasteiger partial charge in [-0.3, -0.25) is 10.1 Å². The Bertz CT molecular complexity index is 929. The molecule has 1 heterocycles. The maximum atomic E-state index is 12.5. The van der Waals surface area contributed by atoms with E-state index in [1.807, 2.05) is 0 Å². The zero-order valence-electron chi connectivity index (χ0n) is 16.2. The molecule has 154 valence electrons. The van der Waals surface area contributed by atoms with E-state index in [0.29, 0.717) is 0 Å². The van der Waals surface area contributed by atoms with Crippen molar-refractivity contribution in [2.75, 3.05) is 19.5 Å². The molecule has 1 fully saturated rings. The summed E-state index contributed by atoms with van der Waals surface area (Å²) < 4.78 is 15.6. The molecule has 0 spiro atoms.